The molecule has 2 saturated carbocycles. The summed E-state index contributed by atoms with van der Waals surface area (Å²) in [6.07, 6.45) is 12.3. The highest BCUT2D eigenvalue weighted by atomic mass is 15.1. The predicted octanol–water partition coefficient (Wildman–Crippen LogP) is 2.83. The van der Waals surface area contributed by atoms with Gasteiger partial charge in [-0.1, -0.05) is 19.3 Å². The van der Waals surface area contributed by atoms with Gasteiger partial charge in [-0.3, -0.25) is 0 Å². The smallest absolute Gasteiger partial charge is 0.0376 e. The first-order chi connectivity index (χ1) is 6.35. The van der Waals surface area contributed by atoms with E-state index in [2.05, 4.69) is 5.10 Å². The highest BCUT2D eigenvalue weighted by Crippen LogP contribution is 2.46. The van der Waals surface area contributed by atoms with Crippen LogP contribution in [0.2, 0.25) is 0 Å². The molecule has 2 rings (SSSR count). The van der Waals surface area contributed by atoms with Crippen molar-refractivity contribution in [2.45, 2.75) is 57.8 Å². The molecule has 2 nitrogen and oxygen atoms in total. The molecular weight excluding hydrogens is 160 g/mol. The highest BCUT2D eigenvalue weighted by molar-refractivity contribution is 5.84. The summed E-state index contributed by atoms with van der Waals surface area (Å²) in [5.41, 5.74) is 1.95. The normalized spacial score (nSPS) is 27.5. The number of hydrazone groups is 1. The van der Waals surface area contributed by atoms with Gasteiger partial charge >= 0.3 is 0 Å². The van der Waals surface area contributed by atoms with Gasteiger partial charge in [-0.05, 0) is 43.9 Å². The second-order valence-corrected chi connectivity index (χ2v) is 4.76. The summed E-state index contributed by atoms with van der Waals surface area (Å²) in [5.74, 6) is 5.31. The Balaban J connectivity index is 1.95. The van der Waals surface area contributed by atoms with Crippen molar-refractivity contribution in [1.82, 2.24) is 0 Å². The van der Waals surface area contributed by atoms with Crippen molar-refractivity contribution in [3.05, 3.63) is 0 Å². The summed E-state index contributed by atoms with van der Waals surface area (Å²) >= 11 is 0. The van der Waals surface area contributed by atoms with E-state index in [9.17, 15) is 0 Å². The fourth-order valence-corrected chi connectivity index (χ4v) is 3.00. The van der Waals surface area contributed by atoms with Crippen molar-refractivity contribution in [2.75, 3.05) is 0 Å². The average molecular weight is 180 g/mol. The van der Waals surface area contributed by atoms with E-state index in [4.69, 9.17) is 5.84 Å². The van der Waals surface area contributed by atoms with E-state index in [1.807, 2.05) is 0 Å². The van der Waals surface area contributed by atoms with Gasteiger partial charge in [0.25, 0.3) is 0 Å². The van der Waals surface area contributed by atoms with Gasteiger partial charge in [-0.2, -0.15) is 5.10 Å². The van der Waals surface area contributed by atoms with Crippen LogP contribution in [0.1, 0.15) is 57.8 Å². The van der Waals surface area contributed by atoms with Crippen LogP contribution in [0.3, 0.4) is 0 Å². The van der Waals surface area contributed by atoms with Crippen LogP contribution in [-0.4, -0.2) is 5.71 Å². The Labute approximate surface area is 80.6 Å². The third kappa shape index (κ3) is 1.87. The minimum absolute atomic E-state index is 0.701. The second kappa shape index (κ2) is 3.69. The first kappa shape index (κ1) is 9.04. The molecular formula is C11H20N2. The van der Waals surface area contributed by atoms with Gasteiger partial charge in [-0.25, -0.2) is 0 Å². The summed E-state index contributed by atoms with van der Waals surface area (Å²) < 4.78 is 0. The molecule has 0 atom stereocenters. The molecule has 13 heavy (non-hydrogen) atoms. The Hall–Kier alpha value is -0.530. The number of hydrogen-bond acceptors (Lipinski definition) is 2. The average Bonchev–Trinajstić information content (AvgIpc) is 2.20. The van der Waals surface area contributed by atoms with E-state index in [1.165, 1.54) is 50.7 Å². The molecule has 2 heteroatoms. The molecule has 0 aromatic heterocycles. The minimum Gasteiger partial charge on any atom is -0.323 e. The minimum atomic E-state index is 0.701. The highest BCUT2D eigenvalue weighted by Gasteiger charge is 2.34. The van der Waals surface area contributed by atoms with E-state index in [0.717, 1.165) is 12.8 Å². The third-order valence-corrected chi connectivity index (χ3v) is 3.98. The first-order valence-electron chi connectivity index (χ1n) is 5.60. The van der Waals surface area contributed by atoms with Gasteiger partial charge in [0.15, 0.2) is 0 Å². The Morgan fingerprint density at radius 1 is 0.923 bits per heavy atom. The molecule has 2 fully saturated rings. The Kier molecular flexibility index (Phi) is 2.56. The molecule has 0 aliphatic heterocycles. The van der Waals surface area contributed by atoms with Crippen molar-refractivity contribution in [3.8, 4) is 0 Å². The topological polar surface area (TPSA) is 38.4 Å². The molecule has 74 valence electrons. The van der Waals surface area contributed by atoms with Crippen LogP contribution < -0.4 is 5.84 Å². The molecule has 0 heterocycles. The Morgan fingerprint density at radius 3 is 2.08 bits per heavy atom. The molecule has 0 aromatic rings. The van der Waals surface area contributed by atoms with Crippen LogP contribution in [0.15, 0.2) is 5.10 Å². The zero-order chi connectivity index (χ0) is 9.15. The van der Waals surface area contributed by atoms with E-state index in [1.54, 1.807) is 0 Å². The van der Waals surface area contributed by atoms with Crippen molar-refractivity contribution >= 4 is 5.71 Å². The van der Waals surface area contributed by atoms with Crippen LogP contribution in [0.4, 0.5) is 0 Å². The van der Waals surface area contributed by atoms with E-state index >= 15 is 0 Å². The summed E-state index contributed by atoms with van der Waals surface area (Å²) in [7, 11) is 0. The Bertz CT molecular complexity index is 190. The monoisotopic (exact) mass is 180 g/mol. The third-order valence-electron chi connectivity index (χ3n) is 3.98. The molecule has 2 aliphatic carbocycles. The zero-order valence-corrected chi connectivity index (χ0v) is 8.39. The SMILES string of the molecule is NN=C1CCC2(CCCCC2)CC1. The maximum absolute atomic E-state index is 5.31. The fourth-order valence-electron chi connectivity index (χ4n) is 3.00. The molecule has 2 N–H and O–H groups in total. The maximum Gasteiger partial charge on any atom is 0.0376 e. The standard InChI is InChI=1S/C11H20N2/c12-13-10-4-8-11(9-5-10)6-2-1-3-7-11/h1-9,12H2. The van der Waals surface area contributed by atoms with E-state index in [0.29, 0.717) is 5.41 Å². The van der Waals surface area contributed by atoms with Crippen molar-refractivity contribution < 1.29 is 0 Å². The quantitative estimate of drug-likeness (QED) is 0.452. The molecule has 0 aromatic carbocycles. The van der Waals surface area contributed by atoms with E-state index in [-0.39, 0.29) is 0 Å². The lowest BCUT2D eigenvalue weighted by Crippen LogP contribution is -2.30. The van der Waals surface area contributed by atoms with Crippen LogP contribution in [0.5, 0.6) is 0 Å². The maximum atomic E-state index is 5.31. The molecule has 1 spiro atoms. The molecule has 0 bridgehead atoms. The second-order valence-electron chi connectivity index (χ2n) is 4.76. The number of rotatable bonds is 0. The van der Waals surface area contributed by atoms with Crippen LogP contribution in [0, 0.1) is 5.41 Å². The van der Waals surface area contributed by atoms with Gasteiger partial charge in [0.2, 0.25) is 0 Å². The van der Waals surface area contributed by atoms with Crippen LogP contribution in [0.25, 0.3) is 0 Å². The number of nitrogens with two attached hydrogens (primary N) is 1. The molecule has 0 unspecified atom stereocenters. The van der Waals surface area contributed by atoms with Gasteiger partial charge in [0.05, 0.1) is 0 Å². The molecule has 0 saturated heterocycles. The zero-order valence-electron chi connectivity index (χ0n) is 8.39. The molecule has 0 amide bonds. The lowest BCUT2D eigenvalue weighted by molar-refractivity contribution is 0.153. The first-order valence-corrected chi connectivity index (χ1v) is 5.60. The van der Waals surface area contributed by atoms with Gasteiger partial charge < -0.3 is 5.84 Å². The largest absolute Gasteiger partial charge is 0.323 e. The van der Waals surface area contributed by atoms with Crippen molar-refractivity contribution in [1.29, 1.82) is 0 Å². The number of nitrogens with zero attached hydrogens (tertiary/aromatic N) is 1. The lowest BCUT2D eigenvalue weighted by atomic mass is 9.65. The summed E-state index contributed by atoms with van der Waals surface area (Å²) in [4.78, 5) is 0. The van der Waals surface area contributed by atoms with Gasteiger partial charge in [-0.15, -0.1) is 0 Å². The Morgan fingerprint density at radius 2 is 1.54 bits per heavy atom. The van der Waals surface area contributed by atoms with E-state index < -0.39 is 0 Å². The van der Waals surface area contributed by atoms with Crippen LogP contribution in [-0.2, 0) is 0 Å². The predicted molar refractivity (Wildman–Crippen MR) is 55.6 cm³/mol. The van der Waals surface area contributed by atoms with Gasteiger partial charge in [0, 0.05) is 5.71 Å². The van der Waals surface area contributed by atoms with Gasteiger partial charge in [0.1, 0.15) is 0 Å². The number of hydrogen-bond donors (Lipinski definition) is 1. The summed E-state index contributed by atoms with van der Waals surface area (Å²) in [5, 5.41) is 3.84. The molecule has 2 aliphatic rings. The summed E-state index contributed by atoms with van der Waals surface area (Å²) in [6.45, 7) is 0. The van der Waals surface area contributed by atoms with Crippen LogP contribution >= 0.6 is 0 Å². The lowest BCUT2D eigenvalue weighted by Gasteiger charge is -2.40. The molecule has 0 radical (unpaired) electrons. The fraction of sp³-hybridized carbons (Fsp3) is 0.909. The van der Waals surface area contributed by atoms with Crippen molar-refractivity contribution in [2.24, 2.45) is 16.4 Å². The summed E-state index contributed by atoms with van der Waals surface area (Å²) in [6, 6.07) is 0. The van der Waals surface area contributed by atoms with Crippen molar-refractivity contribution in [3.63, 3.8) is 0 Å².